The number of hydrogen-bond donors (Lipinski definition) is 1. The van der Waals surface area contributed by atoms with Crippen molar-refractivity contribution in [1.82, 2.24) is 24.5 Å². The molecule has 1 fully saturated rings. The normalized spacial score (nSPS) is 19.9. The van der Waals surface area contributed by atoms with Crippen LogP contribution in [0.5, 0.6) is 0 Å². The molecule has 5 rings (SSSR count). The first-order valence-electron chi connectivity index (χ1n) is 14.2. The molecule has 196 valence electrons. The van der Waals surface area contributed by atoms with Crippen LogP contribution in [-0.4, -0.2) is 120 Å². The molecule has 0 radical (unpaired) electrons. The number of piperidine rings is 1. The maximum absolute atomic E-state index is 13.5. The maximum atomic E-state index is 13.5. The fraction of sp³-hybridized carbons (Fsp3) is 0.261. The molecule has 0 spiro atoms. The highest BCUT2D eigenvalue weighted by atomic mass is 16.1. The SMILES string of the molecule is BC1(B)N(c2cc(C(=O)Nc3cc4cc(-c5cncn5C)ncc4cn3)ccn2)C(B)(B)C(B)(B)C(B)(B)C1(B)B. The highest BCUT2D eigenvalue weighted by Gasteiger charge is 2.66. The van der Waals surface area contributed by atoms with Crippen LogP contribution in [0.2, 0.25) is 15.6 Å². The van der Waals surface area contributed by atoms with E-state index in [1.165, 1.54) is 0 Å². The molecule has 0 bridgehead atoms. The molecule has 1 aliphatic heterocycles. The van der Waals surface area contributed by atoms with Crippen molar-refractivity contribution in [3.63, 3.8) is 0 Å². The summed E-state index contributed by atoms with van der Waals surface area (Å²) in [5.74, 6) is 1.04. The van der Waals surface area contributed by atoms with Crippen LogP contribution in [-0.2, 0) is 7.05 Å². The van der Waals surface area contributed by atoms with Crippen molar-refractivity contribution in [2.45, 2.75) is 26.3 Å². The number of imidazole rings is 1. The van der Waals surface area contributed by atoms with Crippen molar-refractivity contribution < 1.29 is 4.79 Å². The third-order valence-electron chi connectivity index (χ3n) is 11.5. The third kappa shape index (κ3) is 4.23. The fourth-order valence-corrected chi connectivity index (χ4v) is 6.86. The molecule has 5 heterocycles. The maximum Gasteiger partial charge on any atom is 0.257 e. The molecular weight excluding hydrogens is 498 g/mol. The lowest BCUT2D eigenvalue weighted by Gasteiger charge is -2.77. The Kier molecular flexibility index (Phi) is 6.75. The highest BCUT2D eigenvalue weighted by Crippen LogP contribution is 2.69. The lowest BCUT2D eigenvalue weighted by molar-refractivity contribution is 0.102. The Bertz CT molecular complexity index is 1640. The number of nitrogens with zero attached hydrogens (tertiary/aromatic N) is 6. The zero-order chi connectivity index (χ0) is 30.2. The van der Waals surface area contributed by atoms with Crippen LogP contribution in [0.15, 0.2) is 55.4 Å². The summed E-state index contributed by atoms with van der Waals surface area (Å²) in [6.07, 6.45) is 8.78. The molecule has 0 aromatic carbocycles. The van der Waals surface area contributed by atoms with Gasteiger partial charge in [-0.2, -0.15) is 0 Å². The first-order valence-corrected chi connectivity index (χ1v) is 14.2. The van der Waals surface area contributed by atoms with E-state index in [0.717, 1.165) is 28.0 Å². The number of carbonyl (C=O) groups excluding carboxylic acids is 1. The van der Waals surface area contributed by atoms with Crippen LogP contribution in [0.25, 0.3) is 22.2 Å². The van der Waals surface area contributed by atoms with Crippen molar-refractivity contribution in [3.8, 4) is 11.4 Å². The molecule has 0 saturated carbocycles. The minimum absolute atomic E-state index is 0.0202. The van der Waals surface area contributed by atoms with Gasteiger partial charge >= 0.3 is 0 Å². The van der Waals surface area contributed by atoms with Gasteiger partial charge in [-0.3, -0.25) is 9.78 Å². The second-order valence-electron chi connectivity index (χ2n) is 14.1. The number of hydrogen-bond acceptors (Lipinski definition) is 6. The monoisotopic (exact) mass is 533 g/mol. The largest absolute Gasteiger partial charge is 0.379 e. The average Bonchev–Trinajstić information content (AvgIpc) is 3.33. The average molecular weight is 532 g/mol. The number of amides is 1. The zero-order valence-electron chi connectivity index (χ0n) is 26.3. The Morgan fingerprint density at radius 1 is 0.780 bits per heavy atom. The molecule has 0 aliphatic carbocycles. The van der Waals surface area contributed by atoms with Gasteiger partial charge in [0.25, 0.3) is 5.91 Å². The Labute approximate surface area is 251 Å². The fourth-order valence-electron chi connectivity index (χ4n) is 6.86. The summed E-state index contributed by atoms with van der Waals surface area (Å²) >= 11 is 0. The molecule has 1 amide bonds. The number of fused-ring (bicyclic) bond motifs is 1. The summed E-state index contributed by atoms with van der Waals surface area (Å²) < 4.78 is 1.92. The van der Waals surface area contributed by atoms with Crippen molar-refractivity contribution in [2.75, 3.05) is 10.2 Å². The number of anilines is 2. The second-order valence-corrected chi connectivity index (χ2v) is 14.1. The van der Waals surface area contributed by atoms with Gasteiger partial charge in [-0.25, -0.2) is 15.0 Å². The molecule has 1 saturated heterocycles. The van der Waals surface area contributed by atoms with E-state index in [0.29, 0.717) is 11.4 Å². The summed E-state index contributed by atoms with van der Waals surface area (Å²) in [5, 5.41) is 4.19. The summed E-state index contributed by atoms with van der Waals surface area (Å²) in [6, 6.07) is 7.53. The first-order chi connectivity index (χ1) is 18.9. The molecule has 1 aliphatic rings. The molecule has 0 unspecified atom stereocenters. The van der Waals surface area contributed by atoms with Crippen LogP contribution in [0.3, 0.4) is 0 Å². The summed E-state index contributed by atoms with van der Waals surface area (Å²) in [6.45, 7) is 0. The van der Waals surface area contributed by atoms with E-state index >= 15 is 0 Å². The van der Waals surface area contributed by atoms with Gasteiger partial charge in [-0.05, 0) is 40.3 Å². The van der Waals surface area contributed by atoms with Crippen molar-refractivity contribution in [1.29, 1.82) is 0 Å². The van der Waals surface area contributed by atoms with Crippen LogP contribution in [0.1, 0.15) is 10.4 Å². The van der Waals surface area contributed by atoms with Gasteiger partial charge in [0.15, 0.2) is 0 Å². The van der Waals surface area contributed by atoms with Gasteiger partial charge in [-0.15, -0.1) is 0 Å². The summed E-state index contributed by atoms with van der Waals surface area (Å²) in [4.78, 5) is 34.0. The molecule has 8 nitrogen and oxygen atoms in total. The molecule has 0 atom stereocenters. The van der Waals surface area contributed by atoms with E-state index in [-0.39, 0.29) is 32.2 Å². The van der Waals surface area contributed by atoms with Gasteiger partial charge in [-0.1, -0.05) is 15.6 Å². The number of rotatable bonds is 4. The van der Waals surface area contributed by atoms with Gasteiger partial charge < -0.3 is 14.8 Å². The zero-order valence-corrected chi connectivity index (χ0v) is 26.3. The van der Waals surface area contributed by atoms with Gasteiger partial charge in [0.05, 0.1) is 71.0 Å². The van der Waals surface area contributed by atoms with Crippen molar-refractivity contribution in [3.05, 3.63) is 60.9 Å². The predicted octanol–water partition coefficient (Wildman–Crippen LogP) is -6.52. The topological polar surface area (TPSA) is 88.8 Å². The Morgan fingerprint density at radius 3 is 2.02 bits per heavy atom. The van der Waals surface area contributed by atoms with Gasteiger partial charge in [0, 0.05) is 36.6 Å². The molecule has 1 N–H and O–H groups in total. The number of carbonyl (C=O) groups is 1. The highest BCUT2D eigenvalue weighted by molar-refractivity contribution is 6.71. The molecule has 4 aromatic rings. The lowest BCUT2D eigenvalue weighted by Crippen LogP contribution is -2.81. The number of nitrogens with one attached hydrogen (secondary N) is 1. The van der Waals surface area contributed by atoms with E-state index in [9.17, 15) is 4.79 Å². The predicted molar refractivity (Wildman–Crippen MR) is 195 cm³/mol. The van der Waals surface area contributed by atoms with E-state index < -0.39 is 0 Å². The van der Waals surface area contributed by atoms with E-state index in [1.807, 2.05) is 29.8 Å². The summed E-state index contributed by atoms with van der Waals surface area (Å²) in [7, 11) is 25.3. The molecule has 18 heteroatoms. The van der Waals surface area contributed by atoms with Gasteiger partial charge in [0.1, 0.15) is 43.0 Å². The molecule has 41 heavy (non-hydrogen) atoms. The van der Waals surface area contributed by atoms with E-state index in [1.54, 1.807) is 37.2 Å². The standard InChI is InChI=1S/C23H33B10N7O/c1-39-10-34-9-15(39)14-4-12-5-16(37-8-13(12)7-36-14)38-18(41)11-2-3-35-17(6-11)40-22(30,31)20(26,27)19(24,25)21(28,29)23(40,32)33/h2-10H,24-33H2,1H3,(H,37,38,41). The van der Waals surface area contributed by atoms with E-state index in [2.05, 4.69) is 104 Å². The summed E-state index contributed by atoms with van der Waals surface area (Å²) in [5.41, 5.74) is 2.26. The smallest absolute Gasteiger partial charge is 0.257 e. The first kappa shape index (κ1) is 29.3. The van der Waals surface area contributed by atoms with Crippen molar-refractivity contribution in [2.24, 2.45) is 7.05 Å². The minimum atomic E-state index is -0.253. The van der Waals surface area contributed by atoms with Crippen LogP contribution in [0.4, 0.5) is 11.6 Å². The molecule has 4 aromatic heterocycles. The van der Waals surface area contributed by atoms with Crippen LogP contribution < -0.4 is 10.2 Å². The number of aromatic nitrogens is 5. The van der Waals surface area contributed by atoms with Crippen LogP contribution in [0, 0.1) is 0 Å². The minimum Gasteiger partial charge on any atom is -0.379 e. The molecular formula is C23H33B10N7O. The lowest BCUT2D eigenvalue weighted by atomic mass is 9.05. The van der Waals surface area contributed by atoms with Crippen LogP contribution >= 0.6 is 0 Å². The number of aryl methyl sites for hydroxylation is 1. The van der Waals surface area contributed by atoms with Crippen molar-refractivity contribution >= 4 is 107 Å². The quantitative estimate of drug-likeness (QED) is 0.264. The van der Waals surface area contributed by atoms with E-state index in [4.69, 9.17) is 4.98 Å². The Morgan fingerprint density at radius 2 is 1.41 bits per heavy atom. The number of pyridine rings is 3. The third-order valence-corrected chi connectivity index (χ3v) is 11.5. The van der Waals surface area contributed by atoms with Gasteiger partial charge in [0.2, 0.25) is 0 Å². The Balaban J connectivity index is 1.48. The Hall–Kier alpha value is -3.16. The second kappa shape index (κ2) is 9.43.